The standard InChI is InChI=1S/C29H32N6O2/c1-19(2)28-32-26(27(33-28)25-13-6-8-20(3)30-25)22-10-7-9-21(18-22)23-11-4-5-12-24(23)31-29(36)34-35-14-16-37-17-15-35/h4-13,18-19H,14-17H2,1-3H3,(H,32,33)(H2,31,34,36). The van der Waals surface area contributed by atoms with E-state index in [0.717, 1.165) is 51.0 Å². The molecule has 1 saturated heterocycles. The van der Waals surface area contributed by atoms with Crippen molar-refractivity contribution < 1.29 is 9.53 Å². The van der Waals surface area contributed by atoms with Crippen molar-refractivity contribution in [3.8, 4) is 33.8 Å². The zero-order valence-electron chi connectivity index (χ0n) is 21.4. The number of nitrogens with zero attached hydrogens (tertiary/aromatic N) is 3. The van der Waals surface area contributed by atoms with Crippen molar-refractivity contribution in [1.82, 2.24) is 25.4 Å². The SMILES string of the molecule is Cc1cccc(-c2[nH]c(C(C)C)nc2-c2cccc(-c3ccccc3NC(=O)NN3CCOCC3)c2)n1. The molecule has 2 amide bonds. The van der Waals surface area contributed by atoms with Crippen molar-refractivity contribution in [1.29, 1.82) is 0 Å². The van der Waals surface area contributed by atoms with Gasteiger partial charge in [0.25, 0.3) is 0 Å². The van der Waals surface area contributed by atoms with Gasteiger partial charge in [0.2, 0.25) is 0 Å². The van der Waals surface area contributed by atoms with E-state index in [2.05, 4.69) is 41.7 Å². The number of benzene rings is 2. The van der Waals surface area contributed by atoms with E-state index in [1.54, 1.807) is 0 Å². The fourth-order valence-corrected chi connectivity index (χ4v) is 4.39. The Morgan fingerprint density at radius 3 is 2.51 bits per heavy atom. The smallest absolute Gasteiger partial charge is 0.333 e. The summed E-state index contributed by atoms with van der Waals surface area (Å²) in [4.78, 5) is 25.9. The molecule has 2 aromatic heterocycles. The van der Waals surface area contributed by atoms with Crippen LogP contribution in [0.5, 0.6) is 0 Å². The van der Waals surface area contributed by atoms with Gasteiger partial charge in [-0.25, -0.2) is 14.8 Å². The summed E-state index contributed by atoms with van der Waals surface area (Å²) >= 11 is 0. The van der Waals surface area contributed by atoms with Gasteiger partial charge in [-0.1, -0.05) is 56.3 Å². The molecule has 0 radical (unpaired) electrons. The molecular formula is C29H32N6O2. The first-order chi connectivity index (χ1) is 18.0. The third kappa shape index (κ3) is 5.71. The Balaban J connectivity index is 1.47. The number of amides is 2. The van der Waals surface area contributed by atoms with Crippen LogP contribution in [-0.2, 0) is 4.74 Å². The molecule has 2 aromatic carbocycles. The molecule has 37 heavy (non-hydrogen) atoms. The summed E-state index contributed by atoms with van der Waals surface area (Å²) in [5.41, 5.74) is 10.1. The molecule has 3 heterocycles. The Kier molecular flexibility index (Phi) is 7.30. The maximum Gasteiger partial charge on any atom is 0.333 e. The lowest BCUT2D eigenvalue weighted by atomic mass is 9.99. The van der Waals surface area contributed by atoms with Crippen molar-refractivity contribution in [2.45, 2.75) is 26.7 Å². The number of urea groups is 1. The van der Waals surface area contributed by atoms with E-state index in [4.69, 9.17) is 14.7 Å². The number of aryl methyl sites for hydroxylation is 1. The van der Waals surface area contributed by atoms with Gasteiger partial charge in [0.15, 0.2) is 0 Å². The molecule has 0 atom stereocenters. The quantitative estimate of drug-likeness (QED) is 0.323. The van der Waals surface area contributed by atoms with E-state index in [1.165, 1.54) is 0 Å². The van der Waals surface area contributed by atoms with Crippen LogP contribution in [0.1, 0.15) is 31.3 Å². The Bertz CT molecular complexity index is 1390. The summed E-state index contributed by atoms with van der Waals surface area (Å²) < 4.78 is 5.36. The van der Waals surface area contributed by atoms with Crippen LogP contribution in [0.25, 0.3) is 33.8 Å². The number of pyridine rings is 1. The molecule has 1 aliphatic heterocycles. The van der Waals surface area contributed by atoms with Gasteiger partial charge in [0.1, 0.15) is 5.82 Å². The predicted octanol–water partition coefficient (Wildman–Crippen LogP) is 5.61. The Hall–Kier alpha value is -4.01. The molecule has 1 fully saturated rings. The van der Waals surface area contributed by atoms with Crippen molar-refractivity contribution in [3.63, 3.8) is 0 Å². The van der Waals surface area contributed by atoms with Gasteiger partial charge in [-0.15, -0.1) is 0 Å². The molecule has 8 nitrogen and oxygen atoms in total. The van der Waals surface area contributed by atoms with Gasteiger partial charge in [0.05, 0.1) is 36.0 Å². The molecule has 8 heteroatoms. The fourth-order valence-electron chi connectivity index (χ4n) is 4.39. The second kappa shape index (κ2) is 10.9. The Labute approximate surface area is 217 Å². The molecule has 190 valence electrons. The summed E-state index contributed by atoms with van der Waals surface area (Å²) in [6.45, 7) is 8.77. The number of morpholine rings is 1. The highest BCUT2D eigenvalue weighted by molar-refractivity contribution is 5.94. The number of nitrogens with one attached hydrogen (secondary N) is 3. The predicted molar refractivity (Wildman–Crippen MR) is 146 cm³/mol. The van der Waals surface area contributed by atoms with Crippen LogP contribution in [-0.4, -0.2) is 52.3 Å². The lowest BCUT2D eigenvalue weighted by Gasteiger charge is -2.27. The molecule has 0 aliphatic carbocycles. The minimum Gasteiger partial charge on any atom is -0.379 e. The largest absolute Gasteiger partial charge is 0.379 e. The molecule has 0 saturated carbocycles. The van der Waals surface area contributed by atoms with Gasteiger partial charge in [-0.3, -0.25) is 10.4 Å². The number of carbonyl (C=O) groups is 1. The van der Waals surface area contributed by atoms with Crippen molar-refractivity contribution in [3.05, 3.63) is 78.2 Å². The molecule has 4 aromatic rings. The number of hydrogen-bond acceptors (Lipinski definition) is 5. The molecule has 0 spiro atoms. The van der Waals surface area contributed by atoms with E-state index in [-0.39, 0.29) is 11.9 Å². The highest BCUT2D eigenvalue weighted by Gasteiger charge is 2.19. The molecule has 0 bridgehead atoms. The number of H-pyrrole nitrogens is 1. The topological polar surface area (TPSA) is 95.2 Å². The Morgan fingerprint density at radius 2 is 1.73 bits per heavy atom. The van der Waals surface area contributed by atoms with Gasteiger partial charge < -0.3 is 15.0 Å². The highest BCUT2D eigenvalue weighted by atomic mass is 16.5. The number of aromatic amines is 1. The van der Waals surface area contributed by atoms with Crippen LogP contribution in [0, 0.1) is 6.92 Å². The molecular weight excluding hydrogens is 464 g/mol. The number of hydrogen-bond donors (Lipinski definition) is 3. The number of rotatable bonds is 6. The summed E-state index contributed by atoms with van der Waals surface area (Å²) in [7, 11) is 0. The number of imidazole rings is 1. The number of hydrazine groups is 1. The summed E-state index contributed by atoms with van der Waals surface area (Å²) in [6, 6.07) is 21.8. The summed E-state index contributed by atoms with van der Waals surface area (Å²) in [5.74, 6) is 1.16. The summed E-state index contributed by atoms with van der Waals surface area (Å²) in [5, 5.41) is 4.88. The maximum atomic E-state index is 12.7. The summed E-state index contributed by atoms with van der Waals surface area (Å²) in [6.07, 6.45) is 0. The molecule has 5 rings (SSSR count). The van der Waals surface area contributed by atoms with Crippen LogP contribution in [0.15, 0.2) is 66.7 Å². The normalized spacial score (nSPS) is 14.1. The lowest BCUT2D eigenvalue weighted by Crippen LogP contribution is -2.49. The van der Waals surface area contributed by atoms with E-state index >= 15 is 0 Å². The van der Waals surface area contributed by atoms with Gasteiger partial charge in [0, 0.05) is 35.8 Å². The minimum absolute atomic E-state index is 0.246. The monoisotopic (exact) mass is 496 g/mol. The maximum absolute atomic E-state index is 12.7. The molecule has 3 N–H and O–H groups in total. The second-order valence-electron chi connectivity index (χ2n) is 9.46. The lowest BCUT2D eigenvalue weighted by molar-refractivity contribution is 0.0207. The van der Waals surface area contributed by atoms with Crippen LogP contribution >= 0.6 is 0 Å². The van der Waals surface area contributed by atoms with E-state index in [9.17, 15) is 4.79 Å². The minimum atomic E-state index is -0.271. The third-order valence-electron chi connectivity index (χ3n) is 6.31. The number of anilines is 1. The molecule has 0 unspecified atom stereocenters. The molecule has 1 aliphatic rings. The Morgan fingerprint density at radius 1 is 0.973 bits per heavy atom. The average molecular weight is 497 g/mol. The second-order valence-corrected chi connectivity index (χ2v) is 9.46. The van der Waals surface area contributed by atoms with Crippen molar-refractivity contribution >= 4 is 11.7 Å². The fraction of sp³-hybridized carbons (Fsp3) is 0.276. The van der Waals surface area contributed by atoms with Crippen LogP contribution in [0.3, 0.4) is 0 Å². The number of ether oxygens (including phenoxy) is 1. The number of para-hydroxylation sites is 1. The zero-order chi connectivity index (χ0) is 25.8. The number of carbonyl (C=O) groups excluding carboxylic acids is 1. The zero-order valence-corrected chi connectivity index (χ0v) is 21.4. The average Bonchev–Trinajstić information content (AvgIpc) is 3.36. The third-order valence-corrected chi connectivity index (χ3v) is 6.31. The van der Waals surface area contributed by atoms with E-state index in [1.807, 2.05) is 66.5 Å². The van der Waals surface area contributed by atoms with Gasteiger partial charge in [-0.05, 0) is 36.8 Å². The first-order valence-corrected chi connectivity index (χ1v) is 12.6. The van der Waals surface area contributed by atoms with Crippen LogP contribution in [0.4, 0.5) is 10.5 Å². The van der Waals surface area contributed by atoms with Crippen molar-refractivity contribution in [2.24, 2.45) is 0 Å². The van der Waals surface area contributed by atoms with Crippen molar-refractivity contribution in [2.75, 3.05) is 31.6 Å². The van der Waals surface area contributed by atoms with Gasteiger partial charge >= 0.3 is 6.03 Å². The highest BCUT2D eigenvalue weighted by Crippen LogP contribution is 2.35. The van der Waals surface area contributed by atoms with Crippen LogP contribution < -0.4 is 10.7 Å². The van der Waals surface area contributed by atoms with Crippen LogP contribution in [0.2, 0.25) is 0 Å². The van der Waals surface area contributed by atoms with Gasteiger partial charge in [-0.2, -0.15) is 0 Å². The first kappa shape index (κ1) is 24.7. The van der Waals surface area contributed by atoms with E-state index in [0.29, 0.717) is 26.3 Å². The van der Waals surface area contributed by atoms with E-state index < -0.39 is 0 Å². The first-order valence-electron chi connectivity index (χ1n) is 12.6. The number of aromatic nitrogens is 3.